The van der Waals surface area contributed by atoms with E-state index in [2.05, 4.69) is 26.2 Å². The first-order chi connectivity index (χ1) is 9.51. The number of nitrogens with one attached hydrogen (secondary N) is 1. The number of nitrogens with zero attached hydrogens (tertiary/aromatic N) is 2. The normalized spacial score (nSPS) is 10.3. The molecular formula is C11H9BrN4O3S. The molecule has 0 bridgehead atoms. The second-order valence-corrected chi connectivity index (χ2v) is 5.51. The van der Waals surface area contributed by atoms with Crippen LogP contribution in [0.15, 0.2) is 28.1 Å². The van der Waals surface area contributed by atoms with Gasteiger partial charge < -0.3 is 11.1 Å². The molecule has 0 saturated carbocycles. The number of nitro benzene ring substituents is 1. The lowest BCUT2D eigenvalue weighted by molar-refractivity contribution is -0.385. The molecule has 0 spiro atoms. The highest BCUT2D eigenvalue weighted by molar-refractivity contribution is 9.10. The van der Waals surface area contributed by atoms with Gasteiger partial charge in [0.2, 0.25) is 0 Å². The average Bonchev–Trinajstić information content (AvgIpc) is 2.87. The van der Waals surface area contributed by atoms with Crippen molar-refractivity contribution in [3.8, 4) is 0 Å². The molecule has 9 heteroatoms. The Balaban J connectivity index is 2.15. The van der Waals surface area contributed by atoms with E-state index < -0.39 is 4.92 Å². The molecule has 0 fully saturated rings. The first-order valence-corrected chi connectivity index (χ1v) is 7.08. The summed E-state index contributed by atoms with van der Waals surface area (Å²) in [6.45, 7) is 0.279. The van der Waals surface area contributed by atoms with E-state index in [1.807, 2.05) is 0 Å². The summed E-state index contributed by atoms with van der Waals surface area (Å²) in [6, 6.07) is 4.23. The van der Waals surface area contributed by atoms with Crippen molar-refractivity contribution >= 4 is 44.5 Å². The van der Waals surface area contributed by atoms with Gasteiger partial charge >= 0.3 is 0 Å². The van der Waals surface area contributed by atoms with Crippen LogP contribution in [0.1, 0.15) is 15.5 Å². The van der Waals surface area contributed by atoms with Crippen LogP contribution < -0.4 is 11.1 Å². The Morgan fingerprint density at radius 1 is 1.55 bits per heavy atom. The molecule has 7 nitrogen and oxygen atoms in total. The molecular weight excluding hydrogens is 348 g/mol. The van der Waals surface area contributed by atoms with Crippen molar-refractivity contribution < 1.29 is 9.72 Å². The zero-order valence-corrected chi connectivity index (χ0v) is 12.4. The van der Waals surface area contributed by atoms with Crippen LogP contribution in [-0.4, -0.2) is 15.8 Å². The van der Waals surface area contributed by atoms with Gasteiger partial charge in [-0.25, -0.2) is 4.98 Å². The lowest BCUT2D eigenvalue weighted by atomic mass is 10.3. The minimum atomic E-state index is -0.510. The second-order valence-electron chi connectivity index (χ2n) is 3.71. The lowest BCUT2D eigenvalue weighted by Gasteiger charge is -2.04. The first kappa shape index (κ1) is 14.6. The molecule has 1 aromatic carbocycles. The molecule has 1 amide bonds. The van der Waals surface area contributed by atoms with Gasteiger partial charge in [-0.15, -0.1) is 11.3 Å². The zero-order chi connectivity index (χ0) is 14.7. The predicted octanol–water partition coefficient (Wildman–Crippen LogP) is 2.52. The number of amides is 1. The van der Waals surface area contributed by atoms with Crippen LogP contribution in [0, 0.1) is 10.1 Å². The van der Waals surface area contributed by atoms with E-state index in [0.717, 1.165) is 0 Å². The molecule has 0 aliphatic carbocycles. The van der Waals surface area contributed by atoms with Crippen molar-refractivity contribution in [1.29, 1.82) is 0 Å². The predicted molar refractivity (Wildman–Crippen MR) is 78.8 cm³/mol. The van der Waals surface area contributed by atoms with E-state index in [1.54, 1.807) is 5.38 Å². The van der Waals surface area contributed by atoms with Gasteiger partial charge in [-0.3, -0.25) is 14.9 Å². The fourth-order valence-corrected chi connectivity index (χ4v) is 2.62. The Morgan fingerprint density at radius 2 is 2.30 bits per heavy atom. The molecule has 0 saturated heterocycles. The van der Waals surface area contributed by atoms with Crippen molar-refractivity contribution in [3.05, 3.63) is 48.9 Å². The Labute approximate surface area is 126 Å². The van der Waals surface area contributed by atoms with E-state index in [1.165, 1.54) is 29.5 Å². The van der Waals surface area contributed by atoms with Crippen molar-refractivity contribution in [2.45, 2.75) is 6.54 Å². The lowest BCUT2D eigenvalue weighted by Crippen LogP contribution is -2.12. The van der Waals surface area contributed by atoms with Gasteiger partial charge in [0.1, 0.15) is 10.7 Å². The minimum absolute atomic E-state index is 0.0675. The highest BCUT2D eigenvalue weighted by Gasteiger charge is 2.14. The number of aromatic nitrogens is 1. The van der Waals surface area contributed by atoms with Gasteiger partial charge in [-0.1, -0.05) is 0 Å². The molecule has 0 aliphatic rings. The van der Waals surface area contributed by atoms with E-state index in [-0.39, 0.29) is 23.8 Å². The molecule has 2 rings (SSSR count). The number of carbonyl (C=O) groups excluding carboxylic acids is 1. The maximum absolute atomic E-state index is 11.9. The van der Waals surface area contributed by atoms with Crippen LogP contribution in [0.4, 0.5) is 11.4 Å². The summed E-state index contributed by atoms with van der Waals surface area (Å²) in [7, 11) is 0. The topological polar surface area (TPSA) is 111 Å². The monoisotopic (exact) mass is 356 g/mol. The van der Waals surface area contributed by atoms with E-state index in [4.69, 9.17) is 5.73 Å². The van der Waals surface area contributed by atoms with Gasteiger partial charge in [0.15, 0.2) is 0 Å². The summed E-state index contributed by atoms with van der Waals surface area (Å²) >= 11 is 4.39. The molecule has 1 aromatic heterocycles. The number of anilines is 1. The fourth-order valence-electron chi connectivity index (χ4n) is 1.44. The third kappa shape index (κ3) is 3.18. The molecule has 0 unspecified atom stereocenters. The smallest absolute Gasteiger partial charge is 0.283 e. The van der Waals surface area contributed by atoms with Crippen LogP contribution >= 0.6 is 27.3 Å². The van der Waals surface area contributed by atoms with Crippen LogP contribution in [0.3, 0.4) is 0 Å². The number of hydrogen-bond acceptors (Lipinski definition) is 6. The largest absolute Gasteiger partial charge is 0.325 e. The number of halogens is 1. The summed E-state index contributed by atoms with van der Waals surface area (Å²) in [6.07, 6.45) is 0. The highest BCUT2D eigenvalue weighted by atomic mass is 79.9. The second kappa shape index (κ2) is 6.07. The Kier molecular flexibility index (Phi) is 4.42. The number of hydrogen-bond donors (Lipinski definition) is 2. The van der Waals surface area contributed by atoms with Crippen molar-refractivity contribution in [3.63, 3.8) is 0 Å². The van der Waals surface area contributed by atoms with Crippen molar-refractivity contribution in [1.82, 2.24) is 4.98 Å². The Bertz CT molecular complexity index is 673. The van der Waals surface area contributed by atoms with E-state index in [0.29, 0.717) is 15.2 Å². The summed E-state index contributed by atoms with van der Waals surface area (Å²) < 4.78 is 0.293. The van der Waals surface area contributed by atoms with Crippen LogP contribution in [0.25, 0.3) is 0 Å². The minimum Gasteiger partial charge on any atom is -0.325 e. The Hall–Kier alpha value is -1.84. The third-order valence-electron chi connectivity index (χ3n) is 2.36. The number of carbonyl (C=O) groups is 1. The maximum Gasteiger partial charge on any atom is 0.283 e. The number of benzene rings is 1. The number of nitro groups is 1. The number of thiazole rings is 1. The molecule has 0 radical (unpaired) electrons. The van der Waals surface area contributed by atoms with Gasteiger partial charge in [0.05, 0.1) is 9.40 Å². The third-order valence-corrected chi connectivity index (χ3v) is 3.87. The number of rotatable bonds is 4. The highest BCUT2D eigenvalue weighted by Crippen LogP contribution is 2.27. The fraction of sp³-hybridized carbons (Fsp3) is 0.0909. The quantitative estimate of drug-likeness (QED) is 0.645. The maximum atomic E-state index is 11.9. The van der Waals surface area contributed by atoms with Gasteiger partial charge in [0.25, 0.3) is 11.6 Å². The molecule has 1 heterocycles. The van der Waals surface area contributed by atoms with Gasteiger partial charge in [0, 0.05) is 23.7 Å². The summed E-state index contributed by atoms with van der Waals surface area (Å²) in [5, 5.41) is 15.6. The van der Waals surface area contributed by atoms with Crippen LogP contribution in [0.2, 0.25) is 0 Å². The van der Waals surface area contributed by atoms with Gasteiger partial charge in [-0.05, 0) is 28.1 Å². The molecule has 3 N–H and O–H groups in total. The van der Waals surface area contributed by atoms with E-state index >= 15 is 0 Å². The summed E-state index contributed by atoms with van der Waals surface area (Å²) in [5.41, 5.74) is 6.07. The first-order valence-electron chi connectivity index (χ1n) is 5.41. The molecule has 20 heavy (non-hydrogen) atoms. The standard InChI is InChI=1S/C11H9BrN4O3S/c12-7-3-6(1-2-9(7)16(18)19)14-11(17)8-5-20-10(4-13)15-8/h1-3,5H,4,13H2,(H,14,17). The van der Waals surface area contributed by atoms with Gasteiger partial charge in [-0.2, -0.15) is 0 Å². The molecule has 2 aromatic rings. The summed E-state index contributed by atoms with van der Waals surface area (Å²) in [4.78, 5) is 26.1. The SMILES string of the molecule is NCc1nc(C(=O)Nc2ccc([N+](=O)[O-])c(Br)c2)cs1. The molecule has 0 aliphatic heterocycles. The zero-order valence-electron chi connectivity index (χ0n) is 10.00. The number of nitrogens with two attached hydrogens (primary N) is 1. The molecule has 104 valence electrons. The van der Waals surface area contributed by atoms with E-state index in [9.17, 15) is 14.9 Å². The summed E-state index contributed by atoms with van der Waals surface area (Å²) in [5.74, 6) is -0.387. The van der Waals surface area contributed by atoms with Crippen LogP contribution in [-0.2, 0) is 6.54 Å². The van der Waals surface area contributed by atoms with Crippen molar-refractivity contribution in [2.75, 3.05) is 5.32 Å². The van der Waals surface area contributed by atoms with Crippen LogP contribution in [0.5, 0.6) is 0 Å². The average molecular weight is 357 g/mol. The Morgan fingerprint density at radius 3 is 2.85 bits per heavy atom. The molecule has 0 atom stereocenters. The van der Waals surface area contributed by atoms with Crippen molar-refractivity contribution in [2.24, 2.45) is 5.73 Å².